The molecule has 146 valence electrons. The van der Waals surface area contributed by atoms with Crippen LogP contribution in [0.4, 0.5) is 0 Å². The summed E-state index contributed by atoms with van der Waals surface area (Å²) in [7, 11) is -4.48. The van der Waals surface area contributed by atoms with E-state index in [9.17, 15) is 4.79 Å². The zero-order valence-corrected chi connectivity index (χ0v) is 23.0. The Hall–Kier alpha value is 1.21. The van der Waals surface area contributed by atoms with Crippen molar-refractivity contribution in [3.63, 3.8) is 0 Å². The topological polar surface area (TPSA) is 125 Å². The molecule has 0 aliphatic rings. The summed E-state index contributed by atoms with van der Waals surface area (Å²) in [4.78, 5) is 10.9. The molecule has 0 aromatic carbocycles. The Morgan fingerprint density at radius 2 is 1.28 bits per heavy atom. The molecule has 0 bridgehead atoms. The minimum atomic E-state index is -5.17. The van der Waals surface area contributed by atoms with Crippen molar-refractivity contribution in [2.24, 2.45) is 0 Å². The van der Waals surface area contributed by atoms with Crippen LogP contribution in [0.15, 0.2) is 0 Å². The van der Waals surface area contributed by atoms with Gasteiger partial charge >= 0.3 is 48.9 Å². The van der Waals surface area contributed by atoms with Crippen LogP contribution in [0, 0.1) is 0 Å². The minimum Gasteiger partial charge on any atom is -0.759 e. The number of ether oxygens (including phenoxy) is 3. The van der Waals surface area contributed by atoms with E-state index in [4.69, 9.17) is 31.7 Å². The summed E-state index contributed by atoms with van der Waals surface area (Å²) >= 11 is 0. The van der Waals surface area contributed by atoms with Crippen LogP contribution in [0.3, 0.4) is 0 Å². The summed E-state index contributed by atoms with van der Waals surface area (Å²) < 4.78 is 51.1. The molecule has 0 amide bonds. The van der Waals surface area contributed by atoms with Crippen molar-refractivity contribution in [2.75, 3.05) is 19.8 Å². The van der Waals surface area contributed by atoms with Gasteiger partial charge in [0.1, 0.15) is 5.41 Å². The maximum atomic E-state index is 10.9. The second kappa shape index (κ2) is 18.6. The van der Waals surface area contributed by atoms with Crippen molar-refractivity contribution in [3.05, 3.63) is 0 Å². The number of unbranched alkanes of at least 4 members (excludes halogenated alkanes) is 3. The monoisotopic (exact) mass is 524 g/mol. The SMILES string of the molecule is CCOC(CCCCCCC(=O)[SiH3])(OCC)OCC.O=S(=O)([O-])[O-].[Ba+2]. The summed E-state index contributed by atoms with van der Waals surface area (Å²) in [5.74, 6) is -0.869. The molecule has 0 saturated carbocycles. The Kier molecular flexibility index (Phi) is 23.0. The van der Waals surface area contributed by atoms with Crippen molar-refractivity contribution in [1.29, 1.82) is 0 Å². The zero-order chi connectivity index (χ0) is 19.1. The Morgan fingerprint density at radius 1 is 0.920 bits per heavy atom. The van der Waals surface area contributed by atoms with Crippen molar-refractivity contribution in [1.82, 2.24) is 0 Å². The van der Waals surface area contributed by atoms with Gasteiger partial charge in [0.25, 0.3) is 5.97 Å². The first kappa shape index (κ1) is 30.9. The first-order chi connectivity index (χ1) is 11.1. The Morgan fingerprint density at radius 3 is 1.60 bits per heavy atom. The van der Waals surface area contributed by atoms with Gasteiger partial charge in [0.15, 0.2) is 0 Å². The molecule has 0 heterocycles. The van der Waals surface area contributed by atoms with Crippen molar-refractivity contribution >= 4 is 74.9 Å². The first-order valence-corrected chi connectivity index (χ1v) is 10.5. The summed E-state index contributed by atoms with van der Waals surface area (Å²) in [5.41, 5.74) is 0. The Labute approximate surface area is 194 Å². The van der Waals surface area contributed by atoms with E-state index in [0.717, 1.165) is 38.5 Å². The van der Waals surface area contributed by atoms with E-state index in [-0.39, 0.29) is 48.9 Å². The van der Waals surface area contributed by atoms with Gasteiger partial charge in [0.2, 0.25) is 0 Å². The molecule has 0 N–H and O–H groups in total. The predicted octanol–water partition coefficient (Wildman–Crippen LogP) is 0.264. The van der Waals surface area contributed by atoms with Crippen molar-refractivity contribution < 1.29 is 36.5 Å². The van der Waals surface area contributed by atoms with Crippen LogP contribution < -0.4 is 0 Å². The van der Waals surface area contributed by atoms with Crippen LogP contribution in [0.1, 0.15) is 59.3 Å². The average Bonchev–Trinajstić information content (AvgIpc) is 2.41. The van der Waals surface area contributed by atoms with Crippen LogP contribution in [-0.2, 0) is 29.4 Å². The van der Waals surface area contributed by atoms with Gasteiger partial charge in [0, 0.05) is 43.1 Å². The van der Waals surface area contributed by atoms with Gasteiger partial charge in [-0.3, -0.25) is 8.42 Å². The molecule has 0 aliphatic heterocycles. The molecular weight excluding hydrogens is 494 g/mol. The number of rotatable bonds is 13. The molecule has 0 aliphatic carbocycles. The van der Waals surface area contributed by atoms with Gasteiger partial charge in [-0.05, 0) is 33.6 Å². The number of carbonyl (C=O) groups is 1. The maximum Gasteiger partial charge on any atom is 2.00 e. The van der Waals surface area contributed by atoms with E-state index in [1.807, 2.05) is 20.8 Å². The average molecular weight is 524 g/mol. The molecule has 0 rings (SSSR count). The summed E-state index contributed by atoms with van der Waals surface area (Å²) in [5, 5.41) is 0.410. The Bertz CT molecular complexity index is 394. The molecule has 0 saturated heterocycles. The molecule has 0 fully saturated rings. The van der Waals surface area contributed by atoms with E-state index in [2.05, 4.69) is 0 Å². The van der Waals surface area contributed by atoms with E-state index in [1.165, 1.54) is 0 Å². The fraction of sp³-hybridized carbons (Fsp3) is 0.929. The molecule has 0 radical (unpaired) electrons. The van der Waals surface area contributed by atoms with Crippen LogP contribution in [0.25, 0.3) is 0 Å². The molecular formula is C14H30BaO8SSi. The fourth-order valence-corrected chi connectivity index (χ4v) is 2.42. The molecule has 0 aromatic rings. The normalized spacial score (nSPS) is 11.4. The summed E-state index contributed by atoms with van der Waals surface area (Å²) in [6.45, 7) is 7.58. The van der Waals surface area contributed by atoms with Gasteiger partial charge < -0.3 is 28.1 Å². The predicted molar refractivity (Wildman–Crippen MR) is 96.5 cm³/mol. The Balaban J connectivity index is -0.000000704. The molecule has 25 heavy (non-hydrogen) atoms. The van der Waals surface area contributed by atoms with Crippen LogP contribution >= 0.6 is 0 Å². The van der Waals surface area contributed by atoms with Crippen molar-refractivity contribution in [2.45, 2.75) is 65.3 Å². The zero-order valence-electron chi connectivity index (χ0n) is 15.7. The second-order valence-electron chi connectivity index (χ2n) is 5.01. The number of hydrogen-bond donors (Lipinski definition) is 0. The molecule has 8 nitrogen and oxygen atoms in total. The van der Waals surface area contributed by atoms with Crippen LogP contribution in [0.2, 0.25) is 0 Å². The van der Waals surface area contributed by atoms with Crippen LogP contribution in [-0.4, -0.2) is 108 Å². The smallest absolute Gasteiger partial charge is 0.759 e. The molecule has 0 aromatic heterocycles. The molecule has 11 heteroatoms. The van der Waals surface area contributed by atoms with Crippen LogP contribution in [0.5, 0.6) is 0 Å². The third-order valence-corrected chi connectivity index (χ3v) is 3.35. The number of hydrogen-bond acceptors (Lipinski definition) is 8. The third kappa shape index (κ3) is 25.2. The van der Waals surface area contributed by atoms with Gasteiger partial charge in [-0.25, -0.2) is 0 Å². The van der Waals surface area contributed by atoms with Gasteiger partial charge in [-0.2, -0.15) is 0 Å². The second-order valence-corrected chi connectivity index (χ2v) is 6.94. The maximum absolute atomic E-state index is 10.9. The first-order valence-electron chi connectivity index (χ1n) is 8.18. The largest absolute Gasteiger partial charge is 2.00 e. The number of carbonyl (C=O) groups excluding carboxylic acids is 1. The third-order valence-electron chi connectivity index (χ3n) is 2.85. The van der Waals surface area contributed by atoms with Gasteiger partial charge in [-0.15, -0.1) is 0 Å². The summed E-state index contributed by atoms with van der Waals surface area (Å²) in [6, 6.07) is 0. The standard InChI is InChI=1S/C14H30O4Si.Ba.H2O4S/c1-4-16-14(17-5-2,18-6-3)12-10-8-7-9-11-13(15)19;;1-5(2,3)4/h4-12H2,1-3,19H3;;(H2,1,2,3,4)/q;+2;/p-2. The van der Waals surface area contributed by atoms with E-state index < -0.39 is 16.4 Å². The van der Waals surface area contributed by atoms with Crippen molar-refractivity contribution in [3.8, 4) is 0 Å². The molecule has 0 atom stereocenters. The summed E-state index contributed by atoms with van der Waals surface area (Å²) in [6.07, 6.45) is 5.68. The van der Waals surface area contributed by atoms with Gasteiger partial charge in [0.05, 0.1) is 10.2 Å². The fourth-order valence-electron chi connectivity index (χ4n) is 2.07. The minimum absolute atomic E-state index is 0. The molecule has 0 unspecified atom stereocenters. The van der Waals surface area contributed by atoms with E-state index in [0.29, 0.717) is 35.5 Å². The van der Waals surface area contributed by atoms with E-state index in [1.54, 1.807) is 0 Å². The van der Waals surface area contributed by atoms with E-state index >= 15 is 0 Å². The van der Waals surface area contributed by atoms with Gasteiger partial charge in [-0.1, -0.05) is 12.8 Å². The molecule has 0 spiro atoms. The quantitative estimate of drug-likeness (QED) is 0.111.